The Kier molecular flexibility index (Phi) is 5.68. The van der Waals surface area contributed by atoms with Crippen molar-refractivity contribution in [3.05, 3.63) is 64.8 Å². The minimum Gasteiger partial charge on any atom is -0.478 e. The molecule has 5 nitrogen and oxygen atoms in total. The quantitative estimate of drug-likeness (QED) is 0.774. The lowest BCUT2D eigenvalue weighted by molar-refractivity contribution is -0.131. The van der Waals surface area contributed by atoms with Crippen LogP contribution in [0.1, 0.15) is 17.5 Å². The maximum absolute atomic E-state index is 10.5. The first-order chi connectivity index (χ1) is 12.1. The summed E-state index contributed by atoms with van der Waals surface area (Å²) in [4.78, 5) is 17.3. The summed E-state index contributed by atoms with van der Waals surface area (Å²) in [5.41, 5.74) is 2.03. The molecule has 0 bridgehead atoms. The fourth-order valence-corrected chi connectivity index (χ4v) is 3.03. The van der Waals surface area contributed by atoms with Gasteiger partial charge in [0.25, 0.3) is 0 Å². The van der Waals surface area contributed by atoms with Crippen LogP contribution < -0.4 is 5.32 Å². The number of pyridine rings is 1. The second-order valence-corrected chi connectivity index (χ2v) is 6.58. The van der Waals surface area contributed by atoms with Crippen LogP contribution in [0.5, 0.6) is 0 Å². The van der Waals surface area contributed by atoms with Gasteiger partial charge in [-0.2, -0.15) is 0 Å². The van der Waals surface area contributed by atoms with Gasteiger partial charge in [-0.25, -0.2) is 9.78 Å². The van der Waals surface area contributed by atoms with Gasteiger partial charge in [0.15, 0.2) is 0 Å². The van der Waals surface area contributed by atoms with Crippen molar-refractivity contribution in [1.82, 2.24) is 9.88 Å². The van der Waals surface area contributed by atoms with Gasteiger partial charge >= 0.3 is 5.97 Å². The van der Waals surface area contributed by atoms with Crippen LogP contribution in [-0.4, -0.2) is 40.1 Å². The zero-order valence-electron chi connectivity index (χ0n) is 13.7. The fraction of sp³-hybridized carbons (Fsp3) is 0.263. The Balaban J connectivity index is 1.51. The van der Waals surface area contributed by atoms with E-state index in [2.05, 4.69) is 27.3 Å². The largest absolute Gasteiger partial charge is 0.478 e. The number of aromatic nitrogens is 1. The molecule has 0 unspecified atom stereocenters. The molecule has 3 rings (SSSR count). The summed E-state index contributed by atoms with van der Waals surface area (Å²) in [6.45, 7) is 2.92. The van der Waals surface area contributed by atoms with Crippen LogP contribution in [0.4, 0.5) is 5.82 Å². The molecule has 0 saturated carbocycles. The van der Waals surface area contributed by atoms with Crippen molar-refractivity contribution < 1.29 is 9.90 Å². The van der Waals surface area contributed by atoms with E-state index < -0.39 is 5.97 Å². The van der Waals surface area contributed by atoms with E-state index in [1.807, 2.05) is 24.3 Å². The van der Waals surface area contributed by atoms with Gasteiger partial charge in [-0.15, -0.1) is 0 Å². The van der Waals surface area contributed by atoms with E-state index in [-0.39, 0.29) is 0 Å². The fourth-order valence-electron chi connectivity index (χ4n) is 2.91. The average molecular weight is 358 g/mol. The highest BCUT2D eigenvalue weighted by Crippen LogP contribution is 2.18. The maximum atomic E-state index is 10.5. The number of nitrogens with zero attached hydrogens (tertiary/aromatic N) is 2. The number of carboxylic acids is 1. The highest BCUT2D eigenvalue weighted by atomic mass is 35.5. The van der Waals surface area contributed by atoms with Gasteiger partial charge in [0, 0.05) is 43.0 Å². The van der Waals surface area contributed by atoms with E-state index >= 15 is 0 Å². The molecule has 1 aromatic carbocycles. The third kappa shape index (κ3) is 5.31. The molecule has 0 radical (unpaired) electrons. The number of carboxylic acid groups (broad SMARTS) is 1. The molecular formula is C19H20ClN3O2. The Morgan fingerprint density at radius 1 is 1.32 bits per heavy atom. The van der Waals surface area contributed by atoms with Gasteiger partial charge in [-0.05, 0) is 47.9 Å². The lowest BCUT2D eigenvalue weighted by Gasteiger charge is -2.17. The second kappa shape index (κ2) is 8.14. The van der Waals surface area contributed by atoms with Crippen molar-refractivity contribution in [2.75, 3.05) is 18.4 Å². The van der Waals surface area contributed by atoms with Gasteiger partial charge < -0.3 is 10.4 Å². The number of rotatable bonds is 6. The van der Waals surface area contributed by atoms with Gasteiger partial charge in [0.2, 0.25) is 0 Å². The van der Waals surface area contributed by atoms with Crippen molar-refractivity contribution in [1.29, 1.82) is 0 Å². The van der Waals surface area contributed by atoms with Gasteiger partial charge in [-0.3, -0.25) is 4.90 Å². The van der Waals surface area contributed by atoms with Crippen molar-refractivity contribution in [3.63, 3.8) is 0 Å². The number of halogens is 1. The topological polar surface area (TPSA) is 65.5 Å². The SMILES string of the molecule is O=C(O)/C=C/c1ccc(N[C@@H]2CCN(Cc3ccc(Cl)cc3)C2)nc1. The molecule has 1 aliphatic rings. The zero-order valence-corrected chi connectivity index (χ0v) is 14.5. The standard InChI is InChI=1S/C19H20ClN3O2/c20-16-5-1-15(2-6-16)12-23-10-9-17(13-23)22-18-7-3-14(11-21-18)4-8-19(24)25/h1-8,11,17H,9-10,12-13H2,(H,21,22)(H,24,25)/b8-4+/t17-/m1/s1. The molecule has 0 amide bonds. The number of carbonyl (C=O) groups is 1. The molecule has 0 spiro atoms. The van der Waals surface area contributed by atoms with Gasteiger partial charge in [0.1, 0.15) is 5.82 Å². The Bertz CT molecular complexity index is 744. The summed E-state index contributed by atoms with van der Waals surface area (Å²) in [7, 11) is 0. The number of nitrogens with one attached hydrogen (secondary N) is 1. The lowest BCUT2D eigenvalue weighted by Crippen LogP contribution is -2.26. The summed E-state index contributed by atoms with van der Waals surface area (Å²) < 4.78 is 0. The number of hydrogen-bond acceptors (Lipinski definition) is 4. The third-order valence-electron chi connectivity index (χ3n) is 4.15. The van der Waals surface area contributed by atoms with Gasteiger partial charge in [-0.1, -0.05) is 23.7 Å². The molecule has 130 valence electrons. The molecular weight excluding hydrogens is 338 g/mol. The van der Waals surface area contributed by atoms with Gasteiger partial charge in [0.05, 0.1) is 0 Å². The molecule has 2 heterocycles. The highest BCUT2D eigenvalue weighted by molar-refractivity contribution is 6.30. The highest BCUT2D eigenvalue weighted by Gasteiger charge is 2.22. The Labute approximate surface area is 152 Å². The Morgan fingerprint density at radius 2 is 2.12 bits per heavy atom. The average Bonchev–Trinajstić information content (AvgIpc) is 3.03. The summed E-state index contributed by atoms with van der Waals surface area (Å²) in [5.74, 6) is -0.153. The molecule has 1 aromatic heterocycles. The predicted molar refractivity (Wildman–Crippen MR) is 99.7 cm³/mol. The first-order valence-electron chi connectivity index (χ1n) is 8.19. The smallest absolute Gasteiger partial charge is 0.328 e. The maximum Gasteiger partial charge on any atom is 0.328 e. The number of benzene rings is 1. The molecule has 6 heteroatoms. The summed E-state index contributed by atoms with van der Waals surface area (Å²) >= 11 is 5.92. The minimum atomic E-state index is -0.964. The monoisotopic (exact) mass is 357 g/mol. The number of anilines is 1. The van der Waals surface area contributed by atoms with Crippen molar-refractivity contribution in [3.8, 4) is 0 Å². The molecule has 2 N–H and O–H groups in total. The van der Waals surface area contributed by atoms with Crippen LogP contribution in [0, 0.1) is 0 Å². The molecule has 25 heavy (non-hydrogen) atoms. The molecule has 1 fully saturated rings. The molecule has 1 saturated heterocycles. The van der Waals surface area contributed by atoms with Crippen molar-refractivity contribution in [2.45, 2.75) is 19.0 Å². The third-order valence-corrected chi connectivity index (χ3v) is 4.40. The van der Waals surface area contributed by atoms with E-state index in [1.54, 1.807) is 6.20 Å². The first-order valence-corrected chi connectivity index (χ1v) is 8.57. The van der Waals surface area contributed by atoms with Crippen molar-refractivity contribution >= 4 is 29.5 Å². The number of likely N-dealkylation sites (tertiary alicyclic amines) is 1. The molecule has 2 aromatic rings. The minimum absolute atomic E-state index is 0.361. The van der Waals surface area contributed by atoms with Crippen LogP contribution in [-0.2, 0) is 11.3 Å². The van der Waals surface area contributed by atoms with Crippen LogP contribution >= 0.6 is 11.6 Å². The Hall–Kier alpha value is -2.37. The second-order valence-electron chi connectivity index (χ2n) is 6.14. The van der Waals surface area contributed by atoms with E-state index in [0.717, 1.165) is 48.5 Å². The van der Waals surface area contributed by atoms with Crippen LogP contribution in [0.25, 0.3) is 6.08 Å². The van der Waals surface area contributed by atoms with E-state index in [0.29, 0.717) is 6.04 Å². The van der Waals surface area contributed by atoms with Crippen molar-refractivity contribution in [2.24, 2.45) is 0 Å². The number of hydrogen-bond donors (Lipinski definition) is 2. The molecule has 1 aliphatic heterocycles. The van der Waals surface area contributed by atoms with Crippen LogP contribution in [0.3, 0.4) is 0 Å². The van der Waals surface area contributed by atoms with Crippen LogP contribution in [0.15, 0.2) is 48.7 Å². The number of aliphatic carboxylic acids is 1. The summed E-state index contributed by atoms with van der Waals surface area (Å²) in [6.07, 6.45) is 5.37. The lowest BCUT2D eigenvalue weighted by atomic mass is 10.2. The first kappa shape index (κ1) is 17.5. The van der Waals surface area contributed by atoms with E-state index in [4.69, 9.17) is 16.7 Å². The molecule has 1 atom stereocenters. The predicted octanol–water partition coefficient (Wildman–Crippen LogP) is 3.52. The van der Waals surface area contributed by atoms with E-state index in [1.165, 1.54) is 11.6 Å². The zero-order chi connectivity index (χ0) is 17.6. The van der Waals surface area contributed by atoms with Crippen LogP contribution in [0.2, 0.25) is 5.02 Å². The Morgan fingerprint density at radius 3 is 2.80 bits per heavy atom. The van der Waals surface area contributed by atoms with E-state index in [9.17, 15) is 4.79 Å². The molecule has 0 aliphatic carbocycles. The summed E-state index contributed by atoms with van der Waals surface area (Å²) in [6, 6.07) is 12.1. The summed E-state index contributed by atoms with van der Waals surface area (Å²) in [5, 5.41) is 12.8. The normalized spacial score (nSPS) is 17.9.